The second-order valence-electron chi connectivity index (χ2n) is 8.03. The number of piperazine rings is 1. The van der Waals surface area contributed by atoms with Gasteiger partial charge in [-0.1, -0.05) is 48.0 Å². The van der Waals surface area contributed by atoms with Gasteiger partial charge < -0.3 is 14.5 Å². The summed E-state index contributed by atoms with van der Waals surface area (Å²) in [6.45, 7) is 2.86. The van der Waals surface area contributed by atoms with Crippen LogP contribution in [-0.4, -0.2) is 49.1 Å². The molecule has 0 bridgehead atoms. The van der Waals surface area contributed by atoms with Crippen molar-refractivity contribution < 1.29 is 9.53 Å². The summed E-state index contributed by atoms with van der Waals surface area (Å²) in [5.74, 6) is 0.864. The normalized spacial score (nSPS) is 13.9. The molecule has 1 fully saturated rings. The number of pyridine rings is 1. The van der Waals surface area contributed by atoms with Gasteiger partial charge in [-0.2, -0.15) is 0 Å². The zero-order valence-electron chi connectivity index (χ0n) is 18.4. The molecule has 1 saturated heterocycles. The lowest BCUT2D eigenvalue weighted by molar-refractivity contribution is 0.0748. The highest BCUT2D eigenvalue weighted by molar-refractivity contribution is 6.33. The maximum atomic E-state index is 13.6. The molecule has 3 aromatic carbocycles. The van der Waals surface area contributed by atoms with Gasteiger partial charge in [-0.3, -0.25) is 4.79 Å². The van der Waals surface area contributed by atoms with Crippen LogP contribution in [0.1, 0.15) is 10.4 Å². The van der Waals surface area contributed by atoms with Gasteiger partial charge in [-0.15, -0.1) is 0 Å². The van der Waals surface area contributed by atoms with Crippen molar-refractivity contribution >= 4 is 34.1 Å². The first-order valence-corrected chi connectivity index (χ1v) is 11.3. The molecule has 0 N–H and O–H groups in total. The number of benzene rings is 3. The third kappa shape index (κ3) is 4.24. The van der Waals surface area contributed by atoms with Crippen LogP contribution in [0.2, 0.25) is 5.02 Å². The van der Waals surface area contributed by atoms with Crippen LogP contribution in [0.3, 0.4) is 0 Å². The number of halogens is 1. The molecule has 0 radical (unpaired) electrons. The van der Waals surface area contributed by atoms with Crippen LogP contribution < -0.4 is 9.64 Å². The van der Waals surface area contributed by atoms with Crippen molar-refractivity contribution in [2.75, 3.05) is 38.2 Å². The van der Waals surface area contributed by atoms with Crippen LogP contribution in [0.5, 0.6) is 5.75 Å². The van der Waals surface area contributed by atoms with Crippen molar-refractivity contribution in [3.8, 4) is 17.0 Å². The van der Waals surface area contributed by atoms with Crippen molar-refractivity contribution in [3.05, 3.63) is 89.4 Å². The molecule has 1 aliphatic rings. The fraction of sp³-hybridized carbons (Fsp3) is 0.185. The number of methoxy groups -OCH3 is 1. The number of ether oxygens (including phenoxy) is 1. The van der Waals surface area contributed by atoms with Gasteiger partial charge in [0.05, 0.1) is 23.9 Å². The number of anilines is 1. The summed E-state index contributed by atoms with van der Waals surface area (Å²) >= 11 is 6.44. The molecule has 5 rings (SSSR count). The summed E-state index contributed by atoms with van der Waals surface area (Å²) in [6.07, 6.45) is 0. The molecule has 0 spiro atoms. The van der Waals surface area contributed by atoms with E-state index in [1.807, 2.05) is 71.6 Å². The van der Waals surface area contributed by atoms with Gasteiger partial charge in [0, 0.05) is 47.8 Å². The van der Waals surface area contributed by atoms with Gasteiger partial charge >= 0.3 is 0 Å². The summed E-state index contributed by atoms with van der Waals surface area (Å²) in [5.41, 5.74) is 4.12. The van der Waals surface area contributed by atoms with Crippen LogP contribution in [0, 0.1) is 0 Å². The summed E-state index contributed by atoms with van der Waals surface area (Å²) < 4.78 is 5.25. The van der Waals surface area contributed by atoms with E-state index in [2.05, 4.69) is 17.0 Å². The van der Waals surface area contributed by atoms with E-state index in [0.29, 0.717) is 29.4 Å². The van der Waals surface area contributed by atoms with Crippen LogP contribution >= 0.6 is 11.6 Å². The van der Waals surface area contributed by atoms with Crippen molar-refractivity contribution in [3.63, 3.8) is 0 Å². The zero-order valence-corrected chi connectivity index (χ0v) is 19.1. The predicted octanol–water partition coefficient (Wildman–Crippen LogP) is 5.53. The first-order chi connectivity index (χ1) is 16.1. The van der Waals surface area contributed by atoms with E-state index in [1.54, 1.807) is 7.11 Å². The molecule has 1 aliphatic heterocycles. The molecule has 0 atom stereocenters. The molecule has 0 saturated carbocycles. The van der Waals surface area contributed by atoms with E-state index in [0.717, 1.165) is 41.0 Å². The average Bonchev–Trinajstić information content (AvgIpc) is 2.88. The number of hydrogen-bond acceptors (Lipinski definition) is 4. The standard InChI is InChI=1S/C27H24ClN3O2/c1-33-20-12-10-19(11-13-20)30-14-16-31(17-15-30)27(32)23-18-26(22-7-2-4-8-24(22)28)29-25-9-5-3-6-21(23)25/h2-13,18H,14-17H2,1H3. The summed E-state index contributed by atoms with van der Waals surface area (Å²) in [5, 5.41) is 1.47. The van der Waals surface area contributed by atoms with Gasteiger partial charge in [0.25, 0.3) is 5.91 Å². The molecule has 1 aromatic heterocycles. The predicted molar refractivity (Wildman–Crippen MR) is 133 cm³/mol. The molecule has 4 aromatic rings. The van der Waals surface area contributed by atoms with Crippen LogP contribution in [0.25, 0.3) is 22.2 Å². The molecule has 5 nitrogen and oxygen atoms in total. The molecular weight excluding hydrogens is 434 g/mol. The third-order valence-electron chi connectivity index (χ3n) is 6.10. The average molecular weight is 458 g/mol. The molecule has 166 valence electrons. The maximum absolute atomic E-state index is 13.6. The number of amides is 1. The van der Waals surface area contributed by atoms with Crippen LogP contribution in [-0.2, 0) is 0 Å². The highest BCUT2D eigenvalue weighted by Gasteiger charge is 2.24. The number of carbonyl (C=O) groups excluding carboxylic acids is 1. The van der Waals surface area contributed by atoms with Crippen molar-refractivity contribution in [2.24, 2.45) is 0 Å². The first kappa shape index (κ1) is 21.3. The quantitative estimate of drug-likeness (QED) is 0.404. The van der Waals surface area contributed by atoms with Gasteiger partial charge in [0.2, 0.25) is 0 Å². The number of rotatable bonds is 4. The Kier molecular flexibility index (Phi) is 5.88. The molecular formula is C27H24ClN3O2. The lowest BCUT2D eigenvalue weighted by atomic mass is 10.0. The molecule has 0 aliphatic carbocycles. The Hall–Kier alpha value is -3.57. The smallest absolute Gasteiger partial charge is 0.254 e. The minimum absolute atomic E-state index is 0.0243. The van der Waals surface area contributed by atoms with Crippen molar-refractivity contribution in [1.29, 1.82) is 0 Å². The van der Waals surface area contributed by atoms with E-state index < -0.39 is 0 Å². The van der Waals surface area contributed by atoms with E-state index in [9.17, 15) is 4.79 Å². The second kappa shape index (κ2) is 9.12. The van der Waals surface area contributed by atoms with Gasteiger partial charge in [-0.05, 0) is 42.5 Å². The lowest BCUT2D eigenvalue weighted by Gasteiger charge is -2.36. The molecule has 6 heteroatoms. The molecule has 2 heterocycles. The number of para-hydroxylation sites is 1. The lowest BCUT2D eigenvalue weighted by Crippen LogP contribution is -2.48. The summed E-state index contributed by atoms with van der Waals surface area (Å²) in [6, 6.07) is 25.3. The van der Waals surface area contributed by atoms with Crippen LogP contribution in [0.15, 0.2) is 78.9 Å². The Morgan fingerprint density at radius 2 is 1.61 bits per heavy atom. The highest BCUT2D eigenvalue weighted by atomic mass is 35.5. The van der Waals surface area contributed by atoms with Crippen LogP contribution in [0.4, 0.5) is 5.69 Å². The number of aromatic nitrogens is 1. The molecule has 1 amide bonds. The minimum Gasteiger partial charge on any atom is -0.497 e. The largest absolute Gasteiger partial charge is 0.497 e. The van der Waals surface area contributed by atoms with Crippen molar-refractivity contribution in [1.82, 2.24) is 9.88 Å². The fourth-order valence-corrected chi connectivity index (χ4v) is 4.52. The number of fused-ring (bicyclic) bond motifs is 1. The first-order valence-electron chi connectivity index (χ1n) is 11.0. The summed E-state index contributed by atoms with van der Waals surface area (Å²) in [4.78, 5) is 22.6. The number of carbonyl (C=O) groups is 1. The fourth-order valence-electron chi connectivity index (χ4n) is 4.29. The SMILES string of the molecule is COc1ccc(N2CCN(C(=O)c3cc(-c4ccccc4Cl)nc4ccccc34)CC2)cc1. The van der Waals surface area contributed by atoms with Gasteiger partial charge in [0.15, 0.2) is 0 Å². The Balaban J connectivity index is 1.42. The molecule has 0 unspecified atom stereocenters. The van der Waals surface area contributed by atoms with E-state index in [1.165, 1.54) is 0 Å². The van der Waals surface area contributed by atoms with Crippen molar-refractivity contribution in [2.45, 2.75) is 0 Å². The monoisotopic (exact) mass is 457 g/mol. The Bertz CT molecular complexity index is 1300. The number of nitrogens with zero attached hydrogens (tertiary/aromatic N) is 3. The van der Waals surface area contributed by atoms with Gasteiger partial charge in [-0.25, -0.2) is 4.98 Å². The summed E-state index contributed by atoms with van der Waals surface area (Å²) in [7, 11) is 1.67. The Morgan fingerprint density at radius 1 is 0.909 bits per heavy atom. The third-order valence-corrected chi connectivity index (χ3v) is 6.43. The van der Waals surface area contributed by atoms with E-state index in [4.69, 9.17) is 21.3 Å². The second-order valence-corrected chi connectivity index (χ2v) is 8.44. The Labute approximate surface area is 198 Å². The van der Waals surface area contributed by atoms with Gasteiger partial charge in [0.1, 0.15) is 5.75 Å². The zero-order chi connectivity index (χ0) is 22.8. The Morgan fingerprint density at radius 3 is 2.33 bits per heavy atom. The molecule has 33 heavy (non-hydrogen) atoms. The highest BCUT2D eigenvalue weighted by Crippen LogP contribution is 2.30. The minimum atomic E-state index is 0.0243. The topological polar surface area (TPSA) is 45.7 Å². The number of hydrogen-bond donors (Lipinski definition) is 0. The maximum Gasteiger partial charge on any atom is 0.254 e. The van der Waals surface area contributed by atoms with E-state index in [-0.39, 0.29) is 5.91 Å². The van der Waals surface area contributed by atoms with E-state index >= 15 is 0 Å².